The molecular weight excluding hydrogens is 779 g/mol. The number of unbranched alkanes of at least 4 members (excludes halogenated alkanes) is 1. The van der Waals surface area contributed by atoms with E-state index >= 15 is 0 Å². The maximum Gasteiger partial charge on any atom is 0.138 e. The second-order valence-electron chi connectivity index (χ2n) is 17.1. The van der Waals surface area contributed by atoms with Crippen LogP contribution in [-0.2, 0) is 43.3 Å². The molecule has 0 radical (unpaired) electrons. The summed E-state index contributed by atoms with van der Waals surface area (Å²) in [6, 6.07) is 22.4. The number of aldehydes is 1. The number of carbonyl (C=O) groups excluding carboxylic acids is 1. The molecule has 2 aromatic carbocycles. The van der Waals surface area contributed by atoms with Crippen LogP contribution < -0.4 is 16.4 Å². The second-order valence-corrected chi connectivity index (χ2v) is 19.2. The van der Waals surface area contributed by atoms with E-state index in [1.165, 1.54) is 133 Å². The number of aryl methyl sites for hydroxylation is 6. The van der Waals surface area contributed by atoms with Crippen LogP contribution in [0.3, 0.4) is 0 Å². The van der Waals surface area contributed by atoms with Gasteiger partial charge in [-0.3, -0.25) is 0 Å². The summed E-state index contributed by atoms with van der Waals surface area (Å²) in [6.45, 7) is 0. The summed E-state index contributed by atoms with van der Waals surface area (Å²) in [7, 11) is 0. The highest BCUT2D eigenvalue weighted by molar-refractivity contribution is 7.19. The highest BCUT2D eigenvalue weighted by Crippen LogP contribution is 2.41. The number of hydrogen-bond donors (Lipinski definition) is 3. The lowest BCUT2D eigenvalue weighted by molar-refractivity contribution is -0.107. The van der Waals surface area contributed by atoms with Gasteiger partial charge in [0.05, 0.1) is 10.8 Å². The van der Waals surface area contributed by atoms with Crippen molar-refractivity contribution in [2.75, 3.05) is 10.6 Å². The van der Waals surface area contributed by atoms with E-state index in [9.17, 15) is 4.79 Å². The summed E-state index contributed by atoms with van der Waals surface area (Å²) in [5, 5.41) is 10.1. The fourth-order valence-corrected chi connectivity index (χ4v) is 12.1. The first kappa shape index (κ1) is 43.8. The highest BCUT2D eigenvalue weighted by Gasteiger charge is 2.26. The molecule has 4 aromatic heterocycles. The van der Waals surface area contributed by atoms with Gasteiger partial charge < -0.3 is 21.2 Å². The molecule has 0 bridgehead atoms. The van der Waals surface area contributed by atoms with E-state index < -0.39 is 0 Å². The van der Waals surface area contributed by atoms with Crippen LogP contribution in [-0.4, -0.2) is 44.3 Å². The number of thiophene rings is 2. The summed E-state index contributed by atoms with van der Waals surface area (Å²) in [6.07, 6.45) is 28.4. The minimum Gasteiger partial charge on any atom is -0.367 e. The van der Waals surface area contributed by atoms with Crippen LogP contribution in [0.15, 0.2) is 73.3 Å². The molecule has 0 spiro atoms. The van der Waals surface area contributed by atoms with Crippen LogP contribution in [0.5, 0.6) is 0 Å². The van der Waals surface area contributed by atoms with Gasteiger partial charge in [0.2, 0.25) is 0 Å². The molecule has 2 fully saturated rings. The summed E-state index contributed by atoms with van der Waals surface area (Å²) >= 11 is 3.73. The van der Waals surface area contributed by atoms with Crippen LogP contribution in [0.25, 0.3) is 20.4 Å². The van der Waals surface area contributed by atoms with Crippen molar-refractivity contribution in [3.8, 4) is 0 Å². The summed E-state index contributed by atoms with van der Waals surface area (Å²) in [5.41, 5.74) is 11.7. The second kappa shape index (κ2) is 22.0. The maximum absolute atomic E-state index is 9.98. The van der Waals surface area contributed by atoms with Crippen molar-refractivity contribution in [1.82, 2.24) is 19.9 Å². The lowest BCUT2D eigenvalue weighted by Gasteiger charge is -2.29. The molecule has 4 N–H and O–H groups in total. The van der Waals surface area contributed by atoms with Gasteiger partial charge in [-0.2, -0.15) is 0 Å². The molecule has 10 rings (SSSR count). The molecule has 4 heterocycles. The van der Waals surface area contributed by atoms with Crippen LogP contribution >= 0.6 is 22.7 Å². The number of aromatic nitrogens is 4. The van der Waals surface area contributed by atoms with Crippen molar-refractivity contribution >= 4 is 61.0 Å². The van der Waals surface area contributed by atoms with Crippen LogP contribution in [0, 0.1) is 5.92 Å². The molecule has 4 aliphatic rings. The topological polar surface area (TPSA) is 119 Å². The molecule has 8 nitrogen and oxygen atoms in total. The van der Waals surface area contributed by atoms with E-state index in [2.05, 4.69) is 60.9 Å². The molecule has 0 saturated heterocycles. The number of nitrogens with one attached hydrogen (secondary N) is 2. The van der Waals surface area contributed by atoms with Gasteiger partial charge in [-0.1, -0.05) is 80.9 Å². The van der Waals surface area contributed by atoms with Crippen LogP contribution in [0.4, 0.5) is 11.6 Å². The minimum absolute atomic E-state index is 0. The minimum atomic E-state index is 0. The first-order valence-corrected chi connectivity index (χ1v) is 24.0. The first-order chi connectivity index (χ1) is 29.1. The average Bonchev–Trinajstić information content (AvgIpc) is 4.07. The van der Waals surface area contributed by atoms with Crippen molar-refractivity contribution in [2.24, 2.45) is 11.7 Å². The number of nitrogens with two attached hydrogens (primary N) is 1. The van der Waals surface area contributed by atoms with E-state index in [0.717, 1.165) is 60.8 Å². The van der Waals surface area contributed by atoms with E-state index in [4.69, 9.17) is 5.73 Å². The van der Waals surface area contributed by atoms with E-state index in [1.807, 2.05) is 53.0 Å². The molecular formula is C50H65N7OS2. The van der Waals surface area contributed by atoms with Gasteiger partial charge in [0.15, 0.2) is 0 Å². The van der Waals surface area contributed by atoms with Gasteiger partial charge in [-0.05, 0) is 137 Å². The van der Waals surface area contributed by atoms with E-state index in [-0.39, 0.29) is 7.43 Å². The molecule has 318 valence electrons. The molecule has 60 heavy (non-hydrogen) atoms. The van der Waals surface area contributed by atoms with Crippen molar-refractivity contribution in [3.63, 3.8) is 0 Å². The summed E-state index contributed by atoms with van der Waals surface area (Å²) in [5.74, 6) is 3.07. The van der Waals surface area contributed by atoms with Gasteiger partial charge in [-0.15, -0.1) is 22.7 Å². The van der Waals surface area contributed by atoms with Crippen molar-refractivity contribution in [2.45, 2.75) is 154 Å². The Morgan fingerprint density at radius 2 is 1.12 bits per heavy atom. The lowest BCUT2D eigenvalue weighted by Crippen LogP contribution is -2.33. The third-order valence-corrected chi connectivity index (χ3v) is 15.3. The zero-order valence-electron chi connectivity index (χ0n) is 34.5. The molecule has 0 amide bonds. The predicted octanol–water partition coefficient (Wildman–Crippen LogP) is 11.9. The van der Waals surface area contributed by atoms with Crippen molar-refractivity contribution in [3.05, 3.63) is 105 Å². The van der Waals surface area contributed by atoms with E-state index in [1.54, 1.807) is 17.5 Å². The smallest absolute Gasteiger partial charge is 0.138 e. The Kier molecular flexibility index (Phi) is 16.1. The Labute approximate surface area is 365 Å². The van der Waals surface area contributed by atoms with Crippen molar-refractivity contribution < 1.29 is 4.79 Å². The van der Waals surface area contributed by atoms with Gasteiger partial charge >= 0.3 is 0 Å². The number of hydrogen-bond acceptors (Lipinski definition) is 10. The molecule has 6 aromatic rings. The van der Waals surface area contributed by atoms with Gasteiger partial charge in [0.25, 0.3) is 0 Å². The highest BCUT2D eigenvalue weighted by atomic mass is 32.1. The monoisotopic (exact) mass is 843 g/mol. The Hall–Kier alpha value is -4.25. The number of benzene rings is 2. The third kappa shape index (κ3) is 11.4. The zero-order valence-corrected chi connectivity index (χ0v) is 36.2. The summed E-state index contributed by atoms with van der Waals surface area (Å²) in [4.78, 5) is 33.5. The Balaban J connectivity index is 0.000000152. The fraction of sp³-hybridized carbons (Fsp3) is 0.500. The van der Waals surface area contributed by atoms with Gasteiger partial charge in [0.1, 0.15) is 40.2 Å². The van der Waals surface area contributed by atoms with Crippen molar-refractivity contribution in [1.29, 1.82) is 0 Å². The number of carbonyl (C=O) groups is 1. The van der Waals surface area contributed by atoms with Gasteiger partial charge in [-0.25, -0.2) is 19.9 Å². The first-order valence-electron chi connectivity index (χ1n) is 22.4. The zero-order chi connectivity index (χ0) is 40.2. The molecule has 0 unspecified atom stereocenters. The average molecular weight is 844 g/mol. The standard InChI is InChI=1S/C25H31N3S.C15H20N4S.C9H10O.CH4/c1-2-7-18(8-3-1)9-4-5-10-19-13-15-20(16-14-19)28-24-23-21-11-6-12-22(21)29-25(23)27-17-26-24;16-9-4-6-10(7-5-9)19-14-13-11-2-1-3-12(11)20-15(13)18-8-17-14;10-8-4-7-9-5-2-1-3-6-9;/h1-3,7-8,17,19-20H,4-6,9-16H2,(H,26,27,28);8-10H,1-7,16H2,(H,17,18,19);1-3,5-6,8H,4,7H2;1H4. The van der Waals surface area contributed by atoms with Gasteiger partial charge in [0, 0.05) is 34.3 Å². The molecule has 0 atom stereocenters. The quantitative estimate of drug-likeness (QED) is 0.0823. The predicted molar refractivity (Wildman–Crippen MR) is 254 cm³/mol. The third-order valence-electron chi connectivity index (χ3n) is 12.9. The number of nitrogens with zero attached hydrogens (tertiary/aromatic N) is 4. The molecule has 10 heteroatoms. The number of rotatable bonds is 12. The molecule has 0 aliphatic heterocycles. The Morgan fingerprint density at radius 3 is 1.63 bits per heavy atom. The summed E-state index contributed by atoms with van der Waals surface area (Å²) < 4.78 is 0. The maximum atomic E-state index is 9.98. The van der Waals surface area contributed by atoms with Crippen LogP contribution in [0.1, 0.15) is 129 Å². The van der Waals surface area contributed by atoms with Crippen LogP contribution in [0.2, 0.25) is 0 Å². The Bertz CT molecular complexity index is 2220. The molecule has 2 saturated carbocycles. The van der Waals surface area contributed by atoms with E-state index in [0.29, 0.717) is 24.5 Å². The normalized spacial score (nSPS) is 20.5. The lowest BCUT2D eigenvalue weighted by atomic mass is 9.83. The number of anilines is 2. The fourth-order valence-electron chi connectivity index (χ4n) is 9.60. The largest absolute Gasteiger partial charge is 0.367 e. The number of fused-ring (bicyclic) bond motifs is 6. The molecule has 4 aliphatic carbocycles. The Morgan fingerprint density at radius 1 is 0.617 bits per heavy atom. The SMILES string of the molecule is C.NC1CCC(Nc2ncnc3sc4c(c23)CCC4)CC1.O=CCCc1ccccc1.c1ccc(CCCCC2CCC(Nc3ncnc4sc5c(c34)CCC5)CC2)cc1.